The van der Waals surface area contributed by atoms with Gasteiger partial charge in [-0.2, -0.15) is 0 Å². The third-order valence-corrected chi connectivity index (χ3v) is 6.21. The number of aliphatic carboxylic acids is 2. The molecule has 46 heavy (non-hydrogen) atoms. The minimum atomic E-state index is -1.08. The van der Waals surface area contributed by atoms with Crippen LogP contribution >= 0.6 is 0 Å². The van der Waals surface area contributed by atoms with Gasteiger partial charge in [0.15, 0.2) is 0 Å². The van der Waals surface area contributed by atoms with Gasteiger partial charge in [0.05, 0.1) is 0 Å². The second kappa shape index (κ2) is 20.8. The molecule has 8 nitrogen and oxygen atoms in total. The third-order valence-electron chi connectivity index (χ3n) is 6.21. The fraction of sp³-hybridized carbons (Fsp3) is 0.568. The SMILES string of the molecule is CC(=O)[O-].CC(=O)[O-].CC(C)c1cc(CC(C)(C)C)cc(C=NCCCN=Cc2cc(CC(C)(C)C)cc(C(C)C)c2O)c1O.[Co+2]. The summed E-state index contributed by atoms with van der Waals surface area (Å²) in [7, 11) is 0. The van der Waals surface area contributed by atoms with E-state index >= 15 is 0 Å². The molecule has 0 aromatic heterocycles. The van der Waals surface area contributed by atoms with Crippen molar-refractivity contribution in [2.45, 2.75) is 114 Å². The number of carboxylic acid groups (broad SMARTS) is 2. The topological polar surface area (TPSA) is 145 Å². The van der Waals surface area contributed by atoms with E-state index in [0.29, 0.717) is 24.6 Å². The second-order valence-corrected chi connectivity index (χ2v) is 14.4. The van der Waals surface area contributed by atoms with Crippen molar-refractivity contribution in [3.8, 4) is 11.5 Å². The zero-order chi connectivity index (χ0) is 35.1. The standard InChI is InChI=1S/C33H50N2O2.2C2H4O2.Co/c1-22(2)28-16-24(18-32(5,6)7)14-26(30(28)36)20-34-12-11-13-35-21-27-15-25(19-33(8,9)10)17-29(23(3)4)31(27)37;2*1-2(3)4;/h14-17,20-23,36-37H,11-13,18-19H2,1-10H3;2*1H3,(H,3,4);/q;;;+2/p-2. The number of phenolic OH excluding ortho intramolecular Hbond substituents is 2. The van der Waals surface area contributed by atoms with Crippen LogP contribution in [0.5, 0.6) is 11.5 Å². The smallest absolute Gasteiger partial charge is 0.550 e. The molecule has 0 aliphatic heterocycles. The minimum absolute atomic E-state index is 0. The Labute approximate surface area is 287 Å². The molecule has 1 radical (unpaired) electrons. The fourth-order valence-electron chi connectivity index (χ4n) is 4.57. The summed E-state index contributed by atoms with van der Waals surface area (Å²) in [6.45, 7) is 25.0. The predicted octanol–water partition coefficient (Wildman–Crippen LogP) is 5.96. The van der Waals surface area contributed by atoms with E-state index < -0.39 is 11.9 Å². The summed E-state index contributed by atoms with van der Waals surface area (Å²) >= 11 is 0. The van der Waals surface area contributed by atoms with Gasteiger partial charge in [-0.05, 0) is 90.2 Å². The van der Waals surface area contributed by atoms with Crippen LogP contribution in [0, 0.1) is 10.8 Å². The van der Waals surface area contributed by atoms with Crippen LogP contribution in [-0.2, 0) is 39.2 Å². The Hall–Kier alpha value is -3.17. The van der Waals surface area contributed by atoms with E-state index in [1.165, 1.54) is 11.1 Å². The van der Waals surface area contributed by atoms with Crippen LogP contribution in [0.1, 0.15) is 135 Å². The molecule has 0 saturated carbocycles. The second-order valence-electron chi connectivity index (χ2n) is 14.4. The first-order chi connectivity index (χ1) is 20.5. The maximum absolute atomic E-state index is 10.8. The Morgan fingerprint density at radius 3 is 1.22 bits per heavy atom. The number of hydrogen-bond donors (Lipinski definition) is 2. The molecule has 0 saturated heterocycles. The number of benzene rings is 2. The van der Waals surface area contributed by atoms with Crippen molar-refractivity contribution in [3.05, 3.63) is 57.6 Å². The van der Waals surface area contributed by atoms with Gasteiger partial charge >= 0.3 is 16.8 Å². The zero-order valence-electron chi connectivity index (χ0n) is 29.9. The number of aliphatic imine (C=N–C) groups is 2. The molecule has 2 aromatic carbocycles. The molecular weight excluding hydrogens is 627 g/mol. The molecule has 2 rings (SSSR count). The molecule has 9 heteroatoms. The Kier molecular flexibility index (Phi) is 20.4. The molecule has 0 heterocycles. The van der Waals surface area contributed by atoms with Gasteiger partial charge in [-0.3, -0.25) is 9.98 Å². The average Bonchev–Trinajstić information content (AvgIpc) is 2.83. The molecule has 0 aliphatic rings. The number of aromatic hydroxyl groups is 2. The van der Waals surface area contributed by atoms with Crippen LogP contribution in [0.3, 0.4) is 0 Å². The van der Waals surface area contributed by atoms with Gasteiger partial charge in [0, 0.05) is 48.6 Å². The van der Waals surface area contributed by atoms with Crippen molar-refractivity contribution < 1.29 is 46.8 Å². The molecule has 0 amide bonds. The summed E-state index contributed by atoms with van der Waals surface area (Å²) in [6, 6.07) is 8.39. The quantitative estimate of drug-likeness (QED) is 0.234. The third kappa shape index (κ3) is 20.1. The number of carboxylic acids is 2. The number of rotatable bonds is 10. The Balaban J connectivity index is 0. The Bertz CT molecular complexity index is 1190. The summed E-state index contributed by atoms with van der Waals surface area (Å²) in [5, 5.41) is 39.4. The van der Waals surface area contributed by atoms with Crippen molar-refractivity contribution in [2.75, 3.05) is 13.1 Å². The van der Waals surface area contributed by atoms with Gasteiger partial charge in [0.2, 0.25) is 0 Å². The van der Waals surface area contributed by atoms with Crippen molar-refractivity contribution >= 4 is 24.4 Å². The molecule has 0 aliphatic carbocycles. The molecular formula is C37H56CoN2O6. The molecule has 259 valence electrons. The summed E-state index contributed by atoms with van der Waals surface area (Å²) in [5.41, 5.74) is 6.34. The summed E-state index contributed by atoms with van der Waals surface area (Å²) in [4.78, 5) is 26.9. The normalized spacial score (nSPS) is 11.6. The molecule has 0 bridgehead atoms. The van der Waals surface area contributed by atoms with Crippen LogP contribution in [-0.4, -0.2) is 47.7 Å². The largest absolute Gasteiger partial charge is 2.00 e. The first kappa shape index (κ1) is 45.0. The van der Waals surface area contributed by atoms with E-state index in [2.05, 4.69) is 103 Å². The average molecular weight is 684 g/mol. The van der Waals surface area contributed by atoms with Crippen molar-refractivity contribution in [1.29, 1.82) is 0 Å². The van der Waals surface area contributed by atoms with Crippen molar-refractivity contribution in [1.82, 2.24) is 0 Å². The van der Waals surface area contributed by atoms with Gasteiger partial charge in [0.25, 0.3) is 0 Å². The predicted molar refractivity (Wildman–Crippen MR) is 182 cm³/mol. The Morgan fingerprint density at radius 1 is 0.696 bits per heavy atom. The maximum atomic E-state index is 10.8. The van der Waals surface area contributed by atoms with E-state index in [1.807, 2.05) is 0 Å². The van der Waals surface area contributed by atoms with Crippen LogP contribution in [0.25, 0.3) is 0 Å². The zero-order valence-corrected chi connectivity index (χ0v) is 31.0. The minimum Gasteiger partial charge on any atom is -0.550 e. The number of phenols is 2. The molecule has 0 atom stereocenters. The molecule has 0 unspecified atom stereocenters. The maximum Gasteiger partial charge on any atom is 2.00 e. The van der Waals surface area contributed by atoms with Gasteiger partial charge in [-0.25, -0.2) is 0 Å². The van der Waals surface area contributed by atoms with Crippen LogP contribution in [0.15, 0.2) is 34.3 Å². The van der Waals surface area contributed by atoms with Crippen LogP contribution < -0.4 is 10.2 Å². The van der Waals surface area contributed by atoms with Crippen molar-refractivity contribution in [2.24, 2.45) is 20.8 Å². The van der Waals surface area contributed by atoms with Gasteiger partial charge in [0.1, 0.15) is 11.5 Å². The first-order valence-electron chi connectivity index (χ1n) is 15.6. The summed E-state index contributed by atoms with van der Waals surface area (Å²) < 4.78 is 0. The number of nitrogens with zero attached hydrogens (tertiary/aromatic N) is 2. The van der Waals surface area contributed by atoms with Gasteiger partial charge in [-0.1, -0.05) is 81.4 Å². The van der Waals surface area contributed by atoms with Gasteiger partial charge < -0.3 is 30.0 Å². The van der Waals surface area contributed by atoms with E-state index in [4.69, 9.17) is 19.8 Å². The first-order valence-corrected chi connectivity index (χ1v) is 15.6. The molecule has 2 aromatic rings. The van der Waals surface area contributed by atoms with Crippen molar-refractivity contribution in [3.63, 3.8) is 0 Å². The number of carbonyl (C=O) groups excluding carboxylic acids is 2. The molecule has 2 N–H and O–H groups in total. The van der Waals surface area contributed by atoms with E-state index in [9.17, 15) is 10.2 Å². The van der Waals surface area contributed by atoms with Gasteiger partial charge in [-0.15, -0.1) is 0 Å². The molecule has 0 spiro atoms. The van der Waals surface area contributed by atoms with Crippen LogP contribution in [0.4, 0.5) is 0 Å². The fourth-order valence-corrected chi connectivity index (χ4v) is 4.57. The number of hydrogen-bond acceptors (Lipinski definition) is 8. The summed E-state index contributed by atoms with van der Waals surface area (Å²) in [6.07, 6.45) is 6.29. The number of carbonyl (C=O) groups is 2. The summed E-state index contributed by atoms with van der Waals surface area (Å²) in [5.74, 6) is -1.01. The Morgan fingerprint density at radius 2 is 0.978 bits per heavy atom. The van der Waals surface area contributed by atoms with Crippen LogP contribution in [0.2, 0.25) is 0 Å². The van der Waals surface area contributed by atoms with E-state index in [-0.39, 0.29) is 39.4 Å². The van der Waals surface area contributed by atoms with E-state index in [1.54, 1.807) is 12.4 Å². The monoisotopic (exact) mass is 683 g/mol. The van der Waals surface area contributed by atoms with E-state index in [0.717, 1.165) is 55.4 Å². The molecule has 0 fully saturated rings.